The third-order valence-electron chi connectivity index (χ3n) is 4.79. The lowest BCUT2D eigenvalue weighted by molar-refractivity contribution is -0.141. The minimum Gasteiger partial charge on any atom is -0.448 e. The van der Waals surface area contributed by atoms with E-state index in [1.54, 1.807) is 31.2 Å². The molecule has 0 spiro atoms. The number of nitrogens with one attached hydrogen (secondary N) is 1. The monoisotopic (exact) mass is 407 g/mol. The van der Waals surface area contributed by atoms with Crippen molar-refractivity contribution in [2.75, 3.05) is 18.1 Å². The van der Waals surface area contributed by atoms with Crippen LogP contribution in [-0.2, 0) is 19.4 Å². The Labute approximate surface area is 161 Å². The SMILES string of the molecule is CCN(C(=O)[C@H](C)OC(=O)c1n[nH]c(=O)c2ccccc12)[C@@H]1CCS(=O)(=O)C1. The van der Waals surface area contributed by atoms with Crippen molar-refractivity contribution in [3.05, 3.63) is 40.3 Å². The molecule has 1 saturated heterocycles. The van der Waals surface area contributed by atoms with E-state index >= 15 is 0 Å². The Morgan fingerprint density at radius 3 is 2.61 bits per heavy atom. The van der Waals surface area contributed by atoms with Crippen LogP contribution in [0, 0.1) is 0 Å². The van der Waals surface area contributed by atoms with Crippen molar-refractivity contribution in [1.29, 1.82) is 0 Å². The van der Waals surface area contributed by atoms with Crippen LogP contribution in [0.25, 0.3) is 10.8 Å². The van der Waals surface area contributed by atoms with Crippen molar-refractivity contribution in [3.63, 3.8) is 0 Å². The number of likely N-dealkylation sites (N-methyl/N-ethyl adjacent to an activating group) is 1. The van der Waals surface area contributed by atoms with Crippen LogP contribution < -0.4 is 5.56 Å². The molecule has 150 valence electrons. The van der Waals surface area contributed by atoms with Gasteiger partial charge in [0.15, 0.2) is 21.6 Å². The van der Waals surface area contributed by atoms with Gasteiger partial charge in [-0.15, -0.1) is 0 Å². The maximum Gasteiger partial charge on any atom is 0.360 e. The van der Waals surface area contributed by atoms with Gasteiger partial charge in [-0.05, 0) is 26.3 Å². The number of aromatic amines is 1. The fourth-order valence-electron chi connectivity index (χ4n) is 3.39. The Bertz CT molecular complexity index is 1080. The maximum absolute atomic E-state index is 12.7. The van der Waals surface area contributed by atoms with Gasteiger partial charge in [-0.2, -0.15) is 5.10 Å². The van der Waals surface area contributed by atoms with E-state index in [1.165, 1.54) is 11.8 Å². The third kappa shape index (κ3) is 3.91. The predicted molar refractivity (Wildman–Crippen MR) is 102 cm³/mol. The summed E-state index contributed by atoms with van der Waals surface area (Å²) in [4.78, 5) is 38.5. The average Bonchev–Trinajstić information content (AvgIpc) is 3.02. The van der Waals surface area contributed by atoms with Crippen LogP contribution >= 0.6 is 0 Å². The van der Waals surface area contributed by atoms with Crippen LogP contribution in [0.2, 0.25) is 0 Å². The molecule has 1 N–H and O–H groups in total. The largest absolute Gasteiger partial charge is 0.448 e. The quantitative estimate of drug-likeness (QED) is 0.715. The highest BCUT2D eigenvalue weighted by molar-refractivity contribution is 7.91. The molecule has 1 aliphatic heterocycles. The van der Waals surface area contributed by atoms with Gasteiger partial charge >= 0.3 is 5.97 Å². The highest BCUT2D eigenvalue weighted by atomic mass is 32.2. The number of sulfone groups is 1. The summed E-state index contributed by atoms with van der Waals surface area (Å²) in [5.74, 6) is -1.35. The number of carbonyl (C=O) groups is 2. The number of ether oxygens (including phenoxy) is 1. The molecule has 0 bridgehead atoms. The number of esters is 1. The maximum atomic E-state index is 12.7. The average molecular weight is 407 g/mol. The molecule has 0 unspecified atom stereocenters. The van der Waals surface area contributed by atoms with Crippen LogP contribution in [0.5, 0.6) is 0 Å². The summed E-state index contributed by atoms with van der Waals surface area (Å²) < 4.78 is 28.7. The number of carbonyl (C=O) groups excluding carboxylic acids is 2. The molecular weight excluding hydrogens is 386 g/mol. The molecule has 1 amide bonds. The summed E-state index contributed by atoms with van der Waals surface area (Å²) in [6.45, 7) is 3.48. The number of fused-ring (bicyclic) bond motifs is 1. The van der Waals surface area contributed by atoms with Crippen molar-refractivity contribution >= 4 is 32.5 Å². The van der Waals surface area contributed by atoms with Gasteiger partial charge < -0.3 is 9.64 Å². The Morgan fingerprint density at radius 2 is 2.00 bits per heavy atom. The molecule has 2 atom stereocenters. The number of H-pyrrole nitrogens is 1. The number of nitrogens with zero attached hydrogens (tertiary/aromatic N) is 2. The summed E-state index contributed by atoms with van der Waals surface area (Å²) >= 11 is 0. The molecule has 2 aromatic rings. The van der Waals surface area contributed by atoms with E-state index in [2.05, 4.69) is 10.2 Å². The van der Waals surface area contributed by atoms with Crippen LogP contribution in [0.3, 0.4) is 0 Å². The Hall–Kier alpha value is -2.75. The summed E-state index contributed by atoms with van der Waals surface area (Å²) in [6.07, 6.45) is -0.752. The molecule has 3 rings (SSSR count). The van der Waals surface area contributed by atoms with Crippen LogP contribution in [0.4, 0.5) is 0 Å². The third-order valence-corrected chi connectivity index (χ3v) is 6.54. The fraction of sp³-hybridized carbons (Fsp3) is 0.444. The molecule has 2 heterocycles. The van der Waals surface area contributed by atoms with Gasteiger partial charge in [0.05, 0.1) is 16.9 Å². The van der Waals surface area contributed by atoms with Crippen molar-refractivity contribution < 1.29 is 22.7 Å². The van der Waals surface area contributed by atoms with E-state index in [-0.39, 0.29) is 22.6 Å². The first-order valence-electron chi connectivity index (χ1n) is 8.93. The highest BCUT2D eigenvalue weighted by Gasteiger charge is 2.36. The van der Waals surface area contributed by atoms with Gasteiger partial charge in [-0.3, -0.25) is 9.59 Å². The molecule has 1 aromatic carbocycles. The van der Waals surface area contributed by atoms with Gasteiger partial charge in [0.1, 0.15) is 0 Å². The smallest absolute Gasteiger partial charge is 0.360 e. The van der Waals surface area contributed by atoms with E-state index in [0.717, 1.165) is 0 Å². The van der Waals surface area contributed by atoms with E-state index in [9.17, 15) is 22.8 Å². The second-order valence-electron chi connectivity index (χ2n) is 6.68. The van der Waals surface area contributed by atoms with Gasteiger partial charge in [0, 0.05) is 18.0 Å². The molecule has 1 aliphatic rings. The first-order valence-corrected chi connectivity index (χ1v) is 10.7. The van der Waals surface area contributed by atoms with Crippen molar-refractivity contribution in [3.8, 4) is 0 Å². The lowest BCUT2D eigenvalue weighted by Crippen LogP contribution is -2.46. The minimum atomic E-state index is -3.15. The van der Waals surface area contributed by atoms with Crippen LogP contribution in [-0.4, -0.2) is 65.6 Å². The second-order valence-corrected chi connectivity index (χ2v) is 8.90. The predicted octanol–water partition coefficient (Wildman–Crippen LogP) is 0.504. The number of benzene rings is 1. The van der Waals surface area contributed by atoms with Crippen molar-refractivity contribution in [2.24, 2.45) is 0 Å². The summed E-state index contributed by atoms with van der Waals surface area (Å²) in [5, 5.41) is 6.62. The molecule has 28 heavy (non-hydrogen) atoms. The zero-order valence-corrected chi connectivity index (χ0v) is 16.4. The number of hydrogen-bond acceptors (Lipinski definition) is 7. The summed E-state index contributed by atoms with van der Waals surface area (Å²) in [5.41, 5.74) is -0.530. The molecule has 10 heteroatoms. The lowest BCUT2D eigenvalue weighted by Gasteiger charge is -2.29. The topological polar surface area (TPSA) is 126 Å². The zero-order chi connectivity index (χ0) is 20.5. The number of hydrogen-bond donors (Lipinski definition) is 1. The first kappa shape index (κ1) is 20.0. The molecule has 0 aliphatic carbocycles. The number of aromatic nitrogens is 2. The Balaban J connectivity index is 1.78. The van der Waals surface area contributed by atoms with Gasteiger partial charge in [-0.25, -0.2) is 18.3 Å². The molecule has 0 saturated carbocycles. The Kier molecular flexibility index (Phi) is 5.50. The van der Waals surface area contributed by atoms with E-state index in [1.807, 2.05) is 0 Å². The number of amides is 1. The van der Waals surface area contributed by atoms with Crippen LogP contribution in [0.1, 0.15) is 30.8 Å². The molecule has 1 aromatic heterocycles. The summed E-state index contributed by atoms with van der Waals surface area (Å²) in [6, 6.07) is 6.03. The normalized spacial score (nSPS) is 19.3. The standard InChI is InChI=1S/C18H21N3O6S/c1-3-21(12-8-9-28(25,26)10-12)17(23)11(2)27-18(24)15-13-6-4-5-7-14(13)16(22)20-19-15/h4-7,11-12H,3,8-10H2,1-2H3,(H,20,22)/t11-,12+/m0/s1. The van der Waals surface area contributed by atoms with Gasteiger partial charge in [-0.1, -0.05) is 18.2 Å². The Morgan fingerprint density at radius 1 is 1.32 bits per heavy atom. The fourth-order valence-corrected chi connectivity index (χ4v) is 5.12. The van der Waals surface area contributed by atoms with E-state index < -0.39 is 39.4 Å². The van der Waals surface area contributed by atoms with Gasteiger partial charge in [0.25, 0.3) is 11.5 Å². The second kappa shape index (κ2) is 7.70. The minimum absolute atomic E-state index is 0.0445. The van der Waals surface area contributed by atoms with Crippen LogP contribution in [0.15, 0.2) is 29.1 Å². The van der Waals surface area contributed by atoms with Crippen molar-refractivity contribution in [1.82, 2.24) is 15.1 Å². The molecule has 1 fully saturated rings. The zero-order valence-electron chi connectivity index (χ0n) is 15.5. The molecular formula is C18H21N3O6S. The molecule has 0 radical (unpaired) electrons. The summed E-state index contributed by atoms with van der Waals surface area (Å²) in [7, 11) is -3.15. The first-order chi connectivity index (χ1) is 13.2. The van der Waals surface area contributed by atoms with E-state index in [0.29, 0.717) is 18.4 Å². The molecule has 9 nitrogen and oxygen atoms in total. The van der Waals surface area contributed by atoms with Gasteiger partial charge in [0.2, 0.25) is 0 Å². The highest BCUT2D eigenvalue weighted by Crippen LogP contribution is 2.20. The number of rotatable bonds is 5. The van der Waals surface area contributed by atoms with E-state index in [4.69, 9.17) is 4.74 Å². The van der Waals surface area contributed by atoms with Crippen molar-refractivity contribution in [2.45, 2.75) is 32.4 Å². The lowest BCUT2D eigenvalue weighted by atomic mass is 10.1.